The number of ether oxygens (including phenoxy) is 2. The topological polar surface area (TPSA) is 58.1 Å². The summed E-state index contributed by atoms with van der Waals surface area (Å²) in [6, 6.07) is 6.09. The van der Waals surface area contributed by atoms with E-state index in [-0.39, 0.29) is 24.0 Å². The molecule has 30 heavy (non-hydrogen) atoms. The predicted molar refractivity (Wildman–Crippen MR) is 138 cm³/mol. The molecule has 1 saturated heterocycles. The second-order valence-electron chi connectivity index (χ2n) is 7.82. The Bertz CT molecular complexity index is 677. The van der Waals surface area contributed by atoms with Gasteiger partial charge in [-0.1, -0.05) is 18.9 Å². The van der Waals surface area contributed by atoms with Gasteiger partial charge in [0.25, 0.3) is 0 Å². The number of guanidine groups is 1. The molecule has 2 N–H and O–H groups in total. The second kappa shape index (κ2) is 12.9. The molecule has 0 aromatic heterocycles. The molecule has 1 saturated carbocycles. The first-order valence-electron chi connectivity index (χ1n) is 10.7. The van der Waals surface area contributed by atoms with E-state index < -0.39 is 0 Å². The van der Waals surface area contributed by atoms with Gasteiger partial charge in [0.2, 0.25) is 0 Å². The van der Waals surface area contributed by atoms with Crippen LogP contribution < -0.4 is 20.1 Å². The van der Waals surface area contributed by atoms with E-state index in [1.165, 1.54) is 55.8 Å². The Hall–Kier alpha value is -0.870. The van der Waals surface area contributed by atoms with Gasteiger partial charge < -0.3 is 20.1 Å². The maximum atomic E-state index is 5.40. The van der Waals surface area contributed by atoms with Crippen LogP contribution in [0.5, 0.6) is 11.5 Å². The van der Waals surface area contributed by atoms with Gasteiger partial charge in [0.05, 0.1) is 14.2 Å². The third-order valence-corrected chi connectivity index (χ3v) is 7.12. The molecule has 3 rings (SSSR count). The molecule has 1 aliphatic carbocycles. The van der Waals surface area contributed by atoms with Crippen molar-refractivity contribution < 1.29 is 9.47 Å². The summed E-state index contributed by atoms with van der Waals surface area (Å²) in [6.07, 6.45) is 6.18. The summed E-state index contributed by atoms with van der Waals surface area (Å²) in [7, 11) is 5.19. The van der Waals surface area contributed by atoms with Gasteiger partial charge >= 0.3 is 0 Å². The monoisotopic (exact) mass is 548 g/mol. The number of hydrogen-bond acceptors (Lipinski definition) is 5. The Balaban J connectivity index is 0.00000320. The van der Waals surface area contributed by atoms with Crippen molar-refractivity contribution in [3.8, 4) is 11.5 Å². The molecule has 6 nitrogen and oxygen atoms in total. The molecule has 0 bridgehead atoms. The first-order valence-corrected chi connectivity index (χ1v) is 11.8. The van der Waals surface area contributed by atoms with Crippen LogP contribution >= 0.6 is 35.7 Å². The van der Waals surface area contributed by atoms with Gasteiger partial charge in [0, 0.05) is 50.3 Å². The van der Waals surface area contributed by atoms with Gasteiger partial charge in [-0.25, -0.2) is 0 Å². The van der Waals surface area contributed by atoms with Gasteiger partial charge in [-0.2, -0.15) is 11.8 Å². The van der Waals surface area contributed by atoms with Crippen molar-refractivity contribution in [2.24, 2.45) is 4.99 Å². The Morgan fingerprint density at radius 1 is 1.10 bits per heavy atom. The van der Waals surface area contributed by atoms with Crippen LogP contribution in [0.4, 0.5) is 0 Å². The van der Waals surface area contributed by atoms with Gasteiger partial charge in [0.1, 0.15) is 0 Å². The average molecular weight is 549 g/mol. The summed E-state index contributed by atoms with van der Waals surface area (Å²) in [5.41, 5.74) is 1.52. The molecule has 1 aromatic carbocycles. The lowest BCUT2D eigenvalue weighted by Gasteiger charge is -2.43. The van der Waals surface area contributed by atoms with E-state index in [2.05, 4.69) is 38.4 Å². The maximum Gasteiger partial charge on any atom is 0.191 e. The summed E-state index contributed by atoms with van der Waals surface area (Å²) in [4.78, 5) is 7.18. The van der Waals surface area contributed by atoms with Crippen molar-refractivity contribution in [1.82, 2.24) is 15.5 Å². The van der Waals surface area contributed by atoms with Crippen LogP contribution in [-0.4, -0.2) is 75.4 Å². The maximum absolute atomic E-state index is 5.40. The molecule has 1 aromatic rings. The minimum absolute atomic E-state index is 0. The van der Waals surface area contributed by atoms with E-state index in [0.717, 1.165) is 37.0 Å². The minimum atomic E-state index is 0. The number of benzene rings is 1. The van der Waals surface area contributed by atoms with Crippen LogP contribution in [0.2, 0.25) is 0 Å². The lowest BCUT2D eigenvalue weighted by Crippen LogP contribution is -2.57. The number of rotatable bonds is 8. The highest BCUT2D eigenvalue weighted by molar-refractivity contribution is 14.0. The van der Waals surface area contributed by atoms with Gasteiger partial charge in [-0.05, 0) is 37.0 Å². The number of methoxy groups -OCH3 is 2. The number of nitrogens with zero attached hydrogens (tertiary/aromatic N) is 2. The lowest BCUT2D eigenvalue weighted by atomic mass is 9.94. The number of hydrogen-bond donors (Lipinski definition) is 2. The standard InChI is InChI=1S/C22H36N4O2S.HI/c1-23-21(24-11-8-18-6-7-19(27-2)20(16-18)28-3)25-17-22(9-4-5-10-22)26-12-14-29-15-13-26;/h6-7,16H,4-5,8-15,17H2,1-3H3,(H2,23,24,25);1H. The summed E-state index contributed by atoms with van der Waals surface area (Å²) in [6.45, 7) is 4.24. The Morgan fingerprint density at radius 3 is 2.43 bits per heavy atom. The molecule has 2 fully saturated rings. The van der Waals surface area contributed by atoms with Crippen molar-refractivity contribution >= 4 is 41.7 Å². The molecule has 8 heteroatoms. The van der Waals surface area contributed by atoms with Crippen LogP contribution in [-0.2, 0) is 6.42 Å². The highest BCUT2D eigenvalue weighted by Crippen LogP contribution is 2.36. The molecule has 0 radical (unpaired) electrons. The zero-order chi connectivity index (χ0) is 20.5. The van der Waals surface area contributed by atoms with Gasteiger partial charge in [-0.3, -0.25) is 9.89 Å². The van der Waals surface area contributed by atoms with E-state index in [1.54, 1.807) is 14.2 Å². The minimum Gasteiger partial charge on any atom is -0.493 e. The number of halogens is 1. The first-order chi connectivity index (χ1) is 14.2. The van der Waals surface area contributed by atoms with Crippen molar-refractivity contribution in [3.05, 3.63) is 23.8 Å². The molecule has 0 amide bonds. The third kappa shape index (κ3) is 6.56. The molecule has 0 unspecified atom stereocenters. The van der Waals surface area contributed by atoms with E-state index in [1.807, 2.05) is 19.2 Å². The van der Waals surface area contributed by atoms with Gasteiger partial charge in [0.15, 0.2) is 17.5 Å². The Labute approximate surface area is 203 Å². The highest BCUT2D eigenvalue weighted by Gasteiger charge is 2.39. The predicted octanol–water partition coefficient (Wildman–Crippen LogP) is 3.39. The molecular formula is C22H37IN4O2S. The summed E-state index contributed by atoms with van der Waals surface area (Å²) < 4.78 is 10.7. The van der Waals surface area contributed by atoms with E-state index >= 15 is 0 Å². The number of aliphatic imine (C=N–C) groups is 1. The molecule has 1 heterocycles. The molecule has 0 spiro atoms. The van der Waals surface area contributed by atoms with E-state index in [9.17, 15) is 0 Å². The van der Waals surface area contributed by atoms with Crippen LogP contribution in [0, 0.1) is 0 Å². The van der Waals surface area contributed by atoms with Crippen molar-refractivity contribution in [3.63, 3.8) is 0 Å². The van der Waals surface area contributed by atoms with Crippen molar-refractivity contribution in [2.75, 3.05) is 59.0 Å². The summed E-state index contributed by atoms with van der Waals surface area (Å²) in [5.74, 6) is 4.96. The molecular weight excluding hydrogens is 511 g/mol. The van der Waals surface area contributed by atoms with Crippen LogP contribution in [0.15, 0.2) is 23.2 Å². The van der Waals surface area contributed by atoms with E-state index in [4.69, 9.17) is 9.47 Å². The zero-order valence-corrected chi connectivity index (χ0v) is 21.7. The van der Waals surface area contributed by atoms with E-state index in [0.29, 0.717) is 5.54 Å². The fourth-order valence-corrected chi connectivity index (χ4v) is 5.41. The molecule has 1 aliphatic heterocycles. The Morgan fingerprint density at radius 2 is 1.80 bits per heavy atom. The highest BCUT2D eigenvalue weighted by atomic mass is 127. The SMILES string of the molecule is CN=C(NCCc1ccc(OC)c(OC)c1)NCC1(N2CCSCC2)CCCC1.I. The average Bonchev–Trinajstić information content (AvgIpc) is 3.26. The van der Waals surface area contributed by atoms with Crippen LogP contribution in [0.3, 0.4) is 0 Å². The lowest BCUT2D eigenvalue weighted by molar-refractivity contribution is 0.107. The Kier molecular flexibility index (Phi) is 10.9. The largest absolute Gasteiger partial charge is 0.493 e. The third-order valence-electron chi connectivity index (χ3n) is 6.18. The molecule has 170 valence electrons. The van der Waals surface area contributed by atoms with Crippen LogP contribution in [0.1, 0.15) is 31.2 Å². The molecule has 2 aliphatic rings. The number of thioether (sulfide) groups is 1. The van der Waals surface area contributed by atoms with Gasteiger partial charge in [-0.15, -0.1) is 24.0 Å². The van der Waals surface area contributed by atoms with Crippen molar-refractivity contribution in [1.29, 1.82) is 0 Å². The fourth-order valence-electron chi connectivity index (χ4n) is 4.51. The number of nitrogens with one attached hydrogen (secondary N) is 2. The van der Waals surface area contributed by atoms with Crippen molar-refractivity contribution in [2.45, 2.75) is 37.6 Å². The van der Waals surface area contributed by atoms with Crippen LogP contribution in [0.25, 0.3) is 0 Å². The normalized spacial score (nSPS) is 19.1. The smallest absolute Gasteiger partial charge is 0.191 e. The zero-order valence-electron chi connectivity index (χ0n) is 18.5. The fraction of sp³-hybridized carbons (Fsp3) is 0.682. The summed E-state index contributed by atoms with van der Waals surface area (Å²) >= 11 is 2.08. The first kappa shape index (κ1) is 25.4. The molecule has 0 atom stereocenters. The quantitative estimate of drug-likeness (QED) is 0.295. The second-order valence-corrected chi connectivity index (χ2v) is 9.05. The summed E-state index contributed by atoms with van der Waals surface area (Å²) in [5, 5.41) is 7.09.